The molecule has 102 valence electrons. The minimum atomic E-state index is 0.511. The Hall–Kier alpha value is -0.860. The quantitative estimate of drug-likeness (QED) is 0.715. The van der Waals surface area contributed by atoms with Crippen molar-refractivity contribution in [1.29, 1.82) is 0 Å². The lowest BCUT2D eigenvalue weighted by atomic mass is 10.1. The third kappa shape index (κ3) is 5.19. The fraction of sp³-hybridized carbons (Fsp3) is 0.625. The van der Waals surface area contributed by atoms with Gasteiger partial charge in [0.15, 0.2) is 0 Å². The Balaban J connectivity index is 2.48. The number of aryl methyl sites for hydroxylation is 1. The van der Waals surface area contributed by atoms with Gasteiger partial charge in [0.25, 0.3) is 0 Å². The van der Waals surface area contributed by atoms with Gasteiger partial charge in [-0.2, -0.15) is 0 Å². The summed E-state index contributed by atoms with van der Waals surface area (Å²) in [7, 11) is 2.19. The Bertz CT molecular complexity index is 336. The molecule has 0 amide bonds. The maximum Gasteiger partial charge on any atom is 0.0234 e. The summed E-state index contributed by atoms with van der Waals surface area (Å²) in [5, 5.41) is 0. The third-order valence-corrected chi connectivity index (χ3v) is 3.55. The predicted molar refractivity (Wildman–Crippen MR) is 79.6 cm³/mol. The van der Waals surface area contributed by atoms with Crippen molar-refractivity contribution in [2.75, 3.05) is 13.6 Å². The predicted octanol–water partition coefficient (Wildman–Crippen LogP) is 3.33. The van der Waals surface area contributed by atoms with Crippen molar-refractivity contribution in [2.24, 2.45) is 5.73 Å². The zero-order valence-corrected chi connectivity index (χ0v) is 12.2. The number of hydrogen-bond donors (Lipinski definition) is 1. The second-order valence-electron chi connectivity index (χ2n) is 5.29. The van der Waals surface area contributed by atoms with Gasteiger partial charge in [0.2, 0.25) is 0 Å². The first-order valence-corrected chi connectivity index (χ1v) is 7.13. The van der Waals surface area contributed by atoms with Crippen molar-refractivity contribution in [1.82, 2.24) is 4.90 Å². The Morgan fingerprint density at radius 2 is 2.06 bits per heavy atom. The molecule has 0 aliphatic heterocycles. The largest absolute Gasteiger partial charge is 0.329 e. The summed E-state index contributed by atoms with van der Waals surface area (Å²) in [6, 6.07) is 9.24. The van der Waals surface area contributed by atoms with Crippen LogP contribution in [0.25, 0.3) is 0 Å². The van der Waals surface area contributed by atoms with Gasteiger partial charge in [0.05, 0.1) is 0 Å². The van der Waals surface area contributed by atoms with Crippen LogP contribution in [0.3, 0.4) is 0 Å². The molecule has 0 radical (unpaired) electrons. The summed E-state index contributed by atoms with van der Waals surface area (Å²) in [6.07, 6.45) is 5.09. The summed E-state index contributed by atoms with van der Waals surface area (Å²) in [5.74, 6) is 0. The van der Waals surface area contributed by atoms with Crippen LogP contribution in [0.4, 0.5) is 0 Å². The fourth-order valence-corrected chi connectivity index (χ4v) is 2.38. The second kappa shape index (κ2) is 8.28. The standard InChI is InChI=1S/C16H28N2/c1-4-5-6-10-16(12-17)18(3)13-15-9-7-8-14(2)11-15/h7-9,11,16H,4-6,10,12-13,17H2,1-3H3. The lowest BCUT2D eigenvalue weighted by molar-refractivity contribution is 0.223. The van der Waals surface area contributed by atoms with Crippen LogP contribution in [0.5, 0.6) is 0 Å². The summed E-state index contributed by atoms with van der Waals surface area (Å²) in [6.45, 7) is 6.14. The van der Waals surface area contributed by atoms with E-state index in [2.05, 4.69) is 50.1 Å². The first-order valence-electron chi connectivity index (χ1n) is 7.13. The SMILES string of the molecule is CCCCCC(CN)N(C)Cc1cccc(C)c1. The average Bonchev–Trinajstić information content (AvgIpc) is 2.34. The summed E-state index contributed by atoms with van der Waals surface area (Å²) < 4.78 is 0. The normalized spacial score (nSPS) is 12.9. The average molecular weight is 248 g/mol. The van der Waals surface area contributed by atoms with Gasteiger partial charge in [-0.15, -0.1) is 0 Å². The number of rotatable bonds is 8. The molecule has 0 bridgehead atoms. The smallest absolute Gasteiger partial charge is 0.0234 e. The van der Waals surface area contributed by atoms with Crippen LogP contribution in [-0.4, -0.2) is 24.5 Å². The monoisotopic (exact) mass is 248 g/mol. The molecule has 0 saturated carbocycles. The van der Waals surface area contributed by atoms with E-state index in [-0.39, 0.29) is 0 Å². The van der Waals surface area contributed by atoms with Gasteiger partial charge in [-0.05, 0) is 26.0 Å². The van der Waals surface area contributed by atoms with E-state index in [4.69, 9.17) is 5.73 Å². The topological polar surface area (TPSA) is 29.3 Å². The van der Waals surface area contributed by atoms with E-state index in [9.17, 15) is 0 Å². The molecule has 0 heterocycles. The van der Waals surface area contributed by atoms with Gasteiger partial charge in [0, 0.05) is 19.1 Å². The van der Waals surface area contributed by atoms with Crippen LogP contribution in [0.2, 0.25) is 0 Å². The van der Waals surface area contributed by atoms with E-state index in [0.29, 0.717) is 6.04 Å². The Morgan fingerprint density at radius 3 is 2.67 bits per heavy atom. The van der Waals surface area contributed by atoms with Gasteiger partial charge in [-0.1, -0.05) is 56.0 Å². The van der Waals surface area contributed by atoms with Crippen molar-refractivity contribution in [2.45, 2.75) is 52.1 Å². The summed E-state index contributed by atoms with van der Waals surface area (Å²) >= 11 is 0. The molecule has 1 atom stereocenters. The zero-order chi connectivity index (χ0) is 13.4. The van der Waals surface area contributed by atoms with Crippen molar-refractivity contribution in [3.8, 4) is 0 Å². The Kier molecular flexibility index (Phi) is 6.99. The van der Waals surface area contributed by atoms with Crippen LogP contribution in [0.1, 0.15) is 43.7 Å². The van der Waals surface area contributed by atoms with Crippen molar-refractivity contribution in [3.63, 3.8) is 0 Å². The molecule has 0 spiro atoms. The molecule has 1 rings (SSSR count). The molecule has 2 N–H and O–H groups in total. The zero-order valence-electron chi connectivity index (χ0n) is 12.2. The maximum absolute atomic E-state index is 5.90. The molecule has 0 aliphatic carbocycles. The molecule has 1 aromatic rings. The summed E-state index contributed by atoms with van der Waals surface area (Å²) in [4.78, 5) is 2.39. The molecule has 0 saturated heterocycles. The highest BCUT2D eigenvalue weighted by atomic mass is 15.1. The highest BCUT2D eigenvalue weighted by molar-refractivity contribution is 5.22. The number of hydrogen-bond acceptors (Lipinski definition) is 2. The number of nitrogens with zero attached hydrogens (tertiary/aromatic N) is 1. The van der Waals surface area contributed by atoms with E-state index in [1.807, 2.05) is 0 Å². The van der Waals surface area contributed by atoms with Crippen LogP contribution in [0, 0.1) is 6.92 Å². The van der Waals surface area contributed by atoms with E-state index in [1.54, 1.807) is 0 Å². The van der Waals surface area contributed by atoms with Gasteiger partial charge in [-0.25, -0.2) is 0 Å². The minimum Gasteiger partial charge on any atom is -0.329 e. The van der Waals surface area contributed by atoms with Crippen LogP contribution >= 0.6 is 0 Å². The number of benzene rings is 1. The molecule has 2 heteroatoms. The molecule has 1 aromatic carbocycles. The second-order valence-corrected chi connectivity index (χ2v) is 5.29. The van der Waals surface area contributed by atoms with Crippen LogP contribution in [0.15, 0.2) is 24.3 Å². The molecule has 1 unspecified atom stereocenters. The Morgan fingerprint density at radius 1 is 1.28 bits per heavy atom. The number of likely N-dealkylation sites (N-methyl/N-ethyl adjacent to an activating group) is 1. The molecule has 0 aliphatic rings. The van der Waals surface area contributed by atoms with Gasteiger partial charge >= 0.3 is 0 Å². The highest BCUT2D eigenvalue weighted by Crippen LogP contribution is 2.12. The fourth-order valence-electron chi connectivity index (χ4n) is 2.38. The van der Waals surface area contributed by atoms with E-state index in [1.165, 1.54) is 36.8 Å². The maximum atomic E-state index is 5.90. The Labute approximate surface area is 112 Å². The van der Waals surface area contributed by atoms with Crippen molar-refractivity contribution >= 4 is 0 Å². The van der Waals surface area contributed by atoms with E-state index in [0.717, 1.165) is 13.1 Å². The first-order chi connectivity index (χ1) is 8.67. The van der Waals surface area contributed by atoms with Crippen LogP contribution in [-0.2, 0) is 6.54 Å². The van der Waals surface area contributed by atoms with Crippen molar-refractivity contribution < 1.29 is 0 Å². The molecule has 2 nitrogen and oxygen atoms in total. The lowest BCUT2D eigenvalue weighted by Crippen LogP contribution is -2.37. The van der Waals surface area contributed by atoms with E-state index >= 15 is 0 Å². The molecule has 0 aromatic heterocycles. The number of nitrogens with two attached hydrogens (primary N) is 1. The van der Waals surface area contributed by atoms with E-state index < -0.39 is 0 Å². The molecular formula is C16H28N2. The third-order valence-electron chi connectivity index (χ3n) is 3.55. The number of unbranched alkanes of at least 4 members (excludes halogenated alkanes) is 2. The van der Waals surface area contributed by atoms with Crippen LogP contribution < -0.4 is 5.73 Å². The lowest BCUT2D eigenvalue weighted by Gasteiger charge is -2.27. The molecule has 18 heavy (non-hydrogen) atoms. The highest BCUT2D eigenvalue weighted by Gasteiger charge is 2.12. The summed E-state index contributed by atoms with van der Waals surface area (Å²) in [5.41, 5.74) is 8.61. The first kappa shape index (κ1) is 15.2. The van der Waals surface area contributed by atoms with Gasteiger partial charge in [-0.3, -0.25) is 4.90 Å². The molecular weight excluding hydrogens is 220 g/mol. The van der Waals surface area contributed by atoms with Gasteiger partial charge < -0.3 is 5.73 Å². The molecule has 0 fully saturated rings. The minimum absolute atomic E-state index is 0.511. The van der Waals surface area contributed by atoms with Crippen molar-refractivity contribution in [3.05, 3.63) is 35.4 Å². The van der Waals surface area contributed by atoms with Gasteiger partial charge in [0.1, 0.15) is 0 Å².